The molecule has 1 heterocycles. The van der Waals surface area contributed by atoms with Crippen LogP contribution in [0.15, 0.2) is 60.7 Å². The van der Waals surface area contributed by atoms with Gasteiger partial charge in [0.15, 0.2) is 11.5 Å². The first kappa shape index (κ1) is 24.1. The third kappa shape index (κ3) is 5.71. The molecule has 7 nitrogen and oxygen atoms in total. The van der Waals surface area contributed by atoms with Crippen LogP contribution in [0, 0.1) is 25.6 Å². The van der Waals surface area contributed by atoms with E-state index in [1.54, 1.807) is 35.2 Å². The van der Waals surface area contributed by atoms with Crippen molar-refractivity contribution in [3.05, 3.63) is 83.2 Å². The first-order valence-electron chi connectivity index (χ1n) is 11.3. The van der Waals surface area contributed by atoms with Gasteiger partial charge in [-0.15, -0.1) is 0 Å². The molecule has 0 spiro atoms. The van der Waals surface area contributed by atoms with Crippen LogP contribution in [0.25, 0.3) is 0 Å². The molecule has 4 rings (SSSR count). The van der Waals surface area contributed by atoms with Gasteiger partial charge in [-0.05, 0) is 66.9 Å². The van der Waals surface area contributed by atoms with Crippen molar-refractivity contribution >= 4 is 23.2 Å². The van der Waals surface area contributed by atoms with Crippen molar-refractivity contribution in [3.63, 3.8) is 0 Å². The number of halogens is 1. The summed E-state index contributed by atoms with van der Waals surface area (Å²) in [5.41, 5.74) is 10.1. The summed E-state index contributed by atoms with van der Waals surface area (Å²) in [5.74, 6) is -0.110. The maximum absolute atomic E-state index is 13.1. The second-order valence-corrected chi connectivity index (χ2v) is 8.57. The van der Waals surface area contributed by atoms with Gasteiger partial charge in [0, 0.05) is 24.7 Å². The Bertz CT molecular complexity index is 1230. The van der Waals surface area contributed by atoms with Crippen LogP contribution in [0.2, 0.25) is 0 Å². The SMILES string of the molecule is COc1cc(NNC(=O)[C@H]2CC(=O)N(c3ccc(C)c(C)c3)C2)ccc1OCc1ccc(F)cc1. The van der Waals surface area contributed by atoms with Crippen LogP contribution < -0.4 is 25.2 Å². The highest BCUT2D eigenvalue weighted by atomic mass is 19.1. The molecule has 0 radical (unpaired) electrons. The predicted molar refractivity (Wildman–Crippen MR) is 132 cm³/mol. The highest BCUT2D eigenvalue weighted by molar-refractivity contribution is 6.00. The van der Waals surface area contributed by atoms with Gasteiger partial charge in [0.1, 0.15) is 12.4 Å². The maximum atomic E-state index is 13.1. The fraction of sp³-hybridized carbons (Fsp3) is 0.259. The number of hydrazine groups is 1. The minimum absolute atomic E-state index is 0.0715. The van der Waals surface area contributed by atoms with E-state index in [2.05, 4.69) is 10.9 Å². The number of carbonyl (C=O) groups is 2. The second kappa shape index (κ2) is 10.5. The molecule has 35 heavy (non-hydrogen) atoms. The molecule has 1 aliphatic rings. The topological polar surface area (TPSA) is 79.9 Å². The summed E-state index contributed by atoms with van der Waals surface area (Å²) in [6.45, 7) is 4.61. The van der Waals surface area contributed by atoms with E-state index in [9.17, 15) is 14.0 Å². The fourth-order valence-corrected chi connectivity index (χ4v) is 3.87. The van der Waals surface area contributed by atoms with Crippen LogP contribution in [0.3, 0.4) is 0 Å². The zero-order valence-electron chi connectivity index (χ0n) is 19.9. The van der Waals surface area contributed by atoms with E-state index in [0.29, 0.717) is 23.7 Å². The highest BCUT2D eigenvalue weighted by Crippen LogP contribution is 2.31. The summed E-state index contributed by atoms with van der Waals surface area (Å²) in [6, 6.07) is 17.1. The molecule has 0 aliphatic carbocycles. The minimum atomic E-state index is -0.461. The molecular weight excluding hydrogens is 449 g/mol. The van der Waals surface area contributed by atoms with Crippen molar-refractivity contribution in [1.29, 1.82) is 0 Å². The number of ether oxygens (including phenoxy) is 2. The van der Waals surface area contributed by atoms with Crippen LogP contribution in [0.5, 0.6) is 11.5 Å². The van der Waals surface area contributed by atoms with Crippen molar-refractivity contribution < 1.29 is 23.5 Å². The van der Waals surface area contributed by atoms with E-state index in [1.165, 1.54) is 19.2 Å². The largest absolute Gasteiger partial charge is 0.493 e. The van der Waals surface area contributed by atoms with Gasteiger partial charge >= 0.3 is 0 Å². The Morgan fingerprint density at radius 3 is 2.51 bits per heavy atom. The van der Waals surface area contributed by atoms with Crippen LogP contribution in [-0.2, 0) is 16.2 Å². The average Bonchev–Trinajstić information content (AvgIpc) is 3.25. The molecule has 8 heteroatoms. The standard InChI is InChI=1S/C27H28FN3O4/c1-17-4-10-23(12-18(17)2)31-15-20(13-26(31)32)27(33)30-29-22-9-11-24(25(14-22)34-3)35-16-19-5-7-21(28)8-6-19/h4-12,14,20,29H,13,15-16H2,1-3H3,(H,30,33)/t20-/m0/s1. The quantitative estimate of drug-likeness (QED) is 0.466. The third-order valence-corrected chi connectivity index (χ3v) is 6.10. The van der Waals surface area contributed by atoms with Crippen molar-refractivity contribution in [2.24, 2.45) is 5.92 Å². The number of hydrogen-bond acceptors (Lipinski definition) is 5. The van der Waals surface area contributed by atoms with Gasteiger partial charge in [-0.1, -0.05) is 18.2 Å². The first-order valence-corrected chi connectivity index (χ1v) is 11.3. The number of rotatable bonds is 8. The molecule has 1 saturated heterocycles. The summed E-state index contributed by atoms with van der Waals surface area (Å²) in [5, 5.41) is 0. The van der Waals surface area contributed by atoms with Crippen LogP contribution in [-0.4, -0.2) is 25.5 Å². The first-order chi connectivity index (χ1) is 16.8. The van der Waals surface area contributed by atoms with E-state index in [0.717, 1.165) is 22.4 Å². The number of nitrogens with zero attached hydrogens (tertiary/aromatic N) is 1. The minimum Gasteiger partial charge on any atom is -0.493 e. The second-order valence-electron chi connectivity index (χ2n) is 8.57. The number of benzene rings is 3. The van der Waals surface area contributed by atoms with Gasteiger partial charge in [-0.2, -0.15) is 0 Å². The fourth-order valence-electron chi connectivity index (χ4n) is 3.87. The predicted octanol–water partition coefficient (Wildman–Crippen LogP) is 4.53. The summed E-state index contributed by atoms with van der Waals surface area (Å²) in [7, 11) is 1.52. The average molecular weight is 478 g/mol. The van der Waals surface area contributed by atoms with Crippen molar-refractivity contribution in [1.82, 2.24) is 5.43 Å². The molecule has 2 N–H and O–H groups in total. The monoisotopic (exact) mass is 477 g/mol. The lowest BCUT2D eigenvalue weighted by Crippen LogP contribution is -2.36. The van der Waals surface area contributed by atoms with Gasteiger partial charge in [0.05, 0.1) is 18.7 Å². The van der Waals surface area contributed by atoms with Crippen molar-refractivity contribution in [3.8, 4) is 11.5 Å². The Balaban J connectivity index is 1.33. The van der Waals surface area contributed by atoms with Crippen LogP contribution >= 0.6 is 0 Å². The maximum Gasteiger partial charge on any atom is 0.243 e. The number of methoxy groups -OCH3 is 1. The van der Waals surface area contributed by atoms with Gasteiger partial charge in [-0.3, -0.25) is 20.4 Å². The van der Waals surface area contributed by atoms with Crippen LogP contribution in [0.1, 0.15) is 23.1 Å². The molecule has 3 aromatic rings. The molecule has 0 bridgehead atoms. The third-order valence-electron chi connectivity index (χ3n) is 6.10. The Labute approximate surface area is 203 Å². The van der Waals surface area contributed by atoms with Gasteiger partial charge in [0.25, 0.3) is 0 Å². The van der Waals surface area contributed by atoms with E-state index >= 15 is 0 Å². The molecular formula is C27H28FN3O4. The summed E-state index contributed by atoms with van der Waals surface area (Å²) in [6.07, 6.45) is 0.153. The molecule has 0 saturated carbocycles. The number of carbonyl (C=O) groups excluding carboxylic acids is 2. The highest BCUT2D eigenvalue weighted by Gasteiger charge is 2.35. The number of aryl methyl sites for hydroxylation is 2. The summed E-state index contributed by atoms with van der Waals surface area (Å²) < 4.78 is 24.3. The lowest BCUT2D eigenvalue weighted by molar-refractivity contribution is -0.125. The number of amides is 2. The lowest BCUT2D eigenvalue weighted by atomic mass is 10.1. The van der Waals surface area contributed by atoms with E-state index in [4.69, 9.17) is 9.47 Å². The molecule has 1 aliphatic heterocycles. The summed E-state index contributed by atoms with van der Waals surface area (Å²) >= 11 is 0. The van der Waals surface area contributed by atoms with Gasteiger partial charge in [-0.25, -0.2) is 4.39 Å². The molecule has 3 aromatic carbocycles. The van der Waals surface area contributed by atoms with E-state index < -0.39 is 5.92 Å². The van der Waals surface area contributed by atoms with E-state index in [-0.39, 0.29) is 30.7 Å². The Morgan fingerprint density at radius 2 is 1.80 bits per heavy atom. The molecule has 1 atom stereocenters. The lowest BCUT2D eigenvalue weighted by Gasteiger charge is -2.18. The zero-order valence-corrected chi connectivity index (χ0v) is 19.9. The van der Waals surface area contributed by atoms with Crippen molar-refractivity contribution in [2.75, 3.05) is 24.0 Å². The Kier molecular flexibility index (Phi) is 7.19. The molecule has 1 fully saturated rings. The summed E-state index contributed by atoms with van der Waals surface area (Å²) in [4.78, 5) is 26.9. The smallest absolute Gasteiger partial charge is 0.243 e. The molecule has 0 aromatic heterocycles. The Morgan fingerprint density at radius 1 is 1.03 bits per heavy atom. The van der Waals surface area contributed by atoms with Gasteiger partial charge in [0.2, 0.25) is 11.8 Å². The zero-order chi connectivity index (χ0) is 24.9. The molecule has 2 amide bonds. The van der Waals surface area contributed by atoms with Crippen molar-refractivity contribution in [2.45, 2.75) is 26.9 Å². The number of anilines is 2. The molecule has 0 unspecified atom stereocenters. The number of hydrogen-bond donors (Lipinski definition) is 2. The van der Waals surface area contributed by atoms with E-state index in [1.807, 2.05) is 32.0 Å². The van der Waals surface area contributed by atoms with Crippen LogP contribution in [0.4, 0.5) is 15.8 Å². The molecule has 182 valence electrons. The number of nitrogens with one attached hydrogen (secondary N) is 2. The Hall–Kier alpha value is -4.07. The normalized spacial score (nSPS) is 15.1. The van der Waals surface area contributed by atoms with Gasteiger partial charge < -0.3 is 14.4 Å².